The molecule has 5 heteroatoms. The molecule has 0 spiro atoms. The molecule has 0 amide bonds. The lowest BCUT2D eigenvalue weighted by atomic mass is 10.0. The van der Waals surface area contributed by atoms with Crippen LogP contribution in [0.15, 0.2) is 0 Å². The zero-order chi connectivity index (χ0) is 11.4. The fourth-order valence-electron chi connectivity index (χ4n) is 2.14. The summed E-state index contributed by atoms with van der Waals surface area (Å²) in [4.78, 5) is 0. The van der Waals surface area contributed by atoms with Crippen LogP contribution in [0.3, 0.4) is 0 Å². The summed E-state index contributed by atoms with van der Waals surface area (Å²) < 4.78 is 8.29. The van der Waals surface area contributed by atoms with Crippen LogP contribution in [0.1, 0.15) is 32.0 Å². The Balaban J connectivity index is 2.06. The average molecular weight is 241 g/mol. The molecule has 90 valence electrons. The lowest BCUT2D eigenvalue weighted by Gasteiger charge is -2.22. The summed E-state index contributed by atoms with van der Waals surface area (Å²) in [6, 6.07) is 0. The molecule has 1 saturated heterocycles. The molecule has 0 aliphatic carbocycles. The second kappa shape index (κ2) is 5.59. The van der Waals surface area contributed by atoms with Crippen molar-refractivity contribution >= 4 is 12.2 Å². The van der Waals surface area contributed by atoms with E-state index in [0.29, 0.717) is 5.92 Å². The van der Waals surface area contributed by atoms with E-state index in [4.69, 9.17) is 17.0 Å². The van der Waals surface area contributed by atoms with Gasteiger partial charge in [-0.15, -0.1) is 0 Å². The minimum atomic E-state index is 0.689. The van der Waals surface area contributed by atoms with Crippen molar-refractivity contribution < 1.29 is 4.74 Å². The topological polar surface area (TPSA) is 42.8 Å². The maximum atomic E-state index is 5.37. The van der Waals surface area contributed by atoms with Crippen molar-refractivity contribution in [3.63, 3.8) is 0 Å². The third-order valence-corrected chi connectivity index (χ3v) is 3.40. The van der Waals surface area contributed by atoms with Crippen LogP contribution in [0.4, 0.5) is 0 Å². The van der Waals surface area contributed by atoms with Gasteiger partial charge in [0, 0.05) is 26.2 Å². The summed E-state index contributed by atoms with van der Waals surface area (Å²) in [6.07, 6.45) is 4.38. The quantitative estimate of drug-likeness (QED) is 0.823. The van der Waals surface area contributed by atoms with Crippen LogP contribution >= 0.6 is 12.2 Å². The summed E-state index contributed by atoms with van der Waals surface area (Å²) in [7, 11) is 0. The van der Waals surface area contributed by atoms with E-state index in [-0.39, 0.29) is 0 Å². The Hall–Kier alpha value is -0.680. The Morgan fingerprint density at radius 1 is 1.50 bits per heavy atom. The molecule has 2 rings (SSSR count). The highest BCUT2D eigenvalue weighted by molar-refractivity contribution is 7.71. The zero-order valence-electron chi connectivity index (χ0n) is 9.74. The second-order valence-corrected chi connectivity index (χ2v) is 4.75. The highest BCUT2D eigenvalue weighted by atomic mass is 32.1. The van der Waals surface area contributed by atoms with E-state index < -0.39 is 0 Å². The minimum Gasteiger partial charge on any atom is -0.381 e. The van der Waals surface area contributed by atoms with Gasteiger partial charge in [-0.2, -0.15) is 5.10 Å². The Morgan fingerprint density at radius 2 is 2.25 bits per heavy atom. The first-order valence-electron chi connectivity index (χ1n) is 6.03. The van der Waals surface area contributed by atoms with Gasteiger partial charge < -0.3 is 9.30 Å². The van der Waals surface area contributed by atoms with E-state index in [2.05, 4.69) is 21.7 Å². The molecule has 0 aromatic carbocycles. The summed E-state index contributed by atoms with van der Waals surface area (Å²) >= 11 is 5.27. The van der Waals surface area contributed by atoms with Gasteiger partial charge in [0.05, 0.1) is 0 Å². The van der Waals surface area contributed by atoms with Crippen LogP contribution in [-0.4, -0.2) is 28.0 Å². The van der Waals surface area contributed by atoms with Gasteiger partial charge in [-0.05, 0) is 37.4 Å². The number of hydrogen-bond donors (Lipinski definition) is 1. The summed E-state index contributed by atoms with van der Waals surface area (Å²) in [5.41, 5.74) is 0. The van der Waals surface area contributed by atoms with Crippen molar-refractivity contribution in [2.24, 2.45) is 5.92 Å². The van der Waals surface area contributed by atoms with Crippen molar-refractivity contribution in [3.8, 4) is 0 Å². The number of nitrogens with zero attached hydrogens (tertiary/aromatic N) is 2. The maximum absolute atomic E-state index is 5.37. The van der Waals surface area contributed by atoms with Crippen molar-refractivity contribution in [1.29, 1.82) is 0 Å². The number of aryl methyl sites for hydroxylation is 1. The van der Waals surface area contributed by atoms with Crippen molar-refractivity contribution in [2.75, 3.05) is 13.2 Å². The van der Waals surface area contributed by atoms with Gasteiger partial charge >= 0.3 is 0 Å². The van der Waals surface area contributed by atoms with Gasteiger partial charge in [-0.25, -0.2) is 0 Å². The van der Waals surface area contributed by atoms with E-state index >= 15 is 0 Å². The van der Waals surface area contributed by atoms with Crippen LogP contribution in [0.5, 0.6) is 0 Å². The van der Waals surface area contributed by atoms with Crippen LogP contribution in [0.2, 0.25) is 0 Å². The fraction of sp³-hybridized carbons (Fsp3) is 0.818. The molecule has 0 unspecified atom stereocenters. The van der Waals surface area contributed by atoms with Crippen molar-refractivity contribution in [2.45, 2.75) is 39.2 Å². The van der Waals surface area contributed by atoms with E-state index in [1.54, 1.807) is 0 Å². The molecule has 1 aromatic rings. The molecule has 16 heavy (non-hydrogen) atoms. The Kier molecular flexibility index (Phi) is 4.12. The number of aromatic amines is 1. The number of ether oxygens (including phenoxy) is 1. The first kappa shape index (κ1) is 11.8. The summed E-state index contributed by atoms with van der Waals surface area (Å²) in [5, 5.41) is 7.18. The number of nitrogens with one attached hydrogen (secondary N) is 1. The predicted octanol–water partition coefficient (Wildman–Crippen LogP) is 2.32. The SMILES string of the molecule is CCCc1n[nH]c(=S)n1CC1CCOCC1. The lowest BCUT2D eigenvalue weighted by molar-refractivity contribution is 0.0608. The smallest absolute Gasteiger partial charge is 0.195 e. The molecule has 0 saturated carbocycles. The number of rotatable bonds is 4. The third kappa shape index (κ3) is 2.71. The molecular formula is C11H19N3OS. The Morgan fingerprint density at radius 3 is 2.94 bits per heavy atom. The molecule has 1 aliphatic heterocycles. The van der Waals surface area contributed by atoms with E-state index in [1.807, 2.05) is 0 Å². The predicted molar refractivity (Wildman–Crippen MR) is 64.9 cm³/mol. The normalized spacial score (nSPS) is 17.8. The molecule has 1 N–H and O–H groups in total. The maximum Gasteiger partial charge on any atom is 0.195 e. The van der Waals surface area contributed by atoms with Crippen LogP contribution in [0, 0.1) is 10.7 Å². The van der Waals surface area contributed by atoms with Crippen LogP contribution < -0.4 is 0 Å². The third-order valence-electron chi connectivity index (χ3n) is 3.09. The Labute approximate surface area is 101 Å². The van der Waals surface area contributed by atoms with Gasteiger partial charge in [0.15, 0.2) is 4.77 Å². The molecule has 0 atom stereocenters. The van der Waals surface area contributed by atoms with E-state index in [9.17, 15) is 0 Å². The second-order valence-electron chi connectivity index (χ2n) is 4.36. The molecule has 0 bridgehead atoms. The zero-order valence-corrected chi connectivity index (χ0v) is 10.6. The van der Waals surface area contributed by atoms with Gasteiger partial charge in [0.1, 0.15) is 5.82 Å². The first-order valence-corrected chi connectivity index (χ1v) is 6.44. The number of H-pyrrole nitrogens is 1. The first-order chi connectivity index (χ1) is 7.81. The monoisotopic (exact) mass is 241 g/mol. The number of aromatic nitrogens is 3. The average Bonchev–Trinajstić information content (AvgIpc) is 2.64. The highest BCUT2D eigenvalue weighted by Crippen LogP contribution is 2.18. The van der Waals surface area contributed by atoms with Gasteiger partial charge in [-0.1, -0.05) is 6.92 Å². The molecule has 0 radical (unpaired) electrons. The van der Waals surface area contributed by atoms with Gasteiger partial charge in [0.25, 0.3) is 0 Å². The molecule has 1 aromatic heterocycles. The standard InChI is InChI=1S/C11H19N3OS/c1-2-3-10-12-13-11(16)14(10)8-9-4-6-15-7-5-9/h9H,2-8H2,1H3,(H,13,16). The fourth-order valence-corrected chi connectivity index (χ4v) is 2.37. The van der Waals surface area contributed by atoms with E-state index in [0.717, 1.165) is 56.0 Å². The molecule has 1 aliphatic rings. The highest BCUT2D eigenvalue weighted by Gasteiger charge is 2.16. The summed E-state index contributed by atoms with van der Waals surface area (Å²) in [6.45, 7) is 4.93. The molecular weight excluding hydrogens is 222 g/mol. The Bertz CT molecular complexity index is 379. The lowest BCUT2D eigenvalue weighted by Crippen LogP contribution is -2.21. The molecule has 2 heterocycles. The van der Waals surface area contributed by atoms with Gasteiger partial charge in [-0.3, -0.25) is 5.10 Å². The minimum absolute atomic E-state index is 0.689. The summed E-state index contributed by atoms with van der Waals surface area (Å²) in [5.74, 6) is 1.78. The van der Waals surface area contributed by atoms with Gasteiger partial charge in [0.2, 0.25) is 0 Å². The van der Waals surface area contributed by atoms with Crippen LogP contribution in [0.25, 0.3) is 0 Å². The van der Waals surface area contributed by atoms with Crippen molar-refractivity contribution in [3.05, 3.63) is 10.6 Å². The van der Waals surface area contributed by atoms with E-state index in [1.165, 1.54) is 0 Å². The molecule has 1 fully saturated rings. The largest absolute Gasteiger partial charge is 0.381 e. The van der Waals surface area contributed by atoms with Crippen LogP contribution in [-0.2, 0) is 17.7 Å². The number of hydrogen-bond acceptors (Lipinski definition) is 3. The molecule has 4 nitrogen and oxygen atoms in total. The van der Waals surface area contributed by atoms with Crippen molar-refractivity contribution in [1.82, 2.24) is 14.8 Å².